The summed E-state index contributed by atoms with van der Waals surface area (Å²) in [6.07, 6.45) is 9.09. The Balaban J connectivity index is 1.50. The molecule has 4 rings (SSSR count). The van der Waals surface area contributed by atoms with Gasteiger partial charge in [0.1, 0.15) is 11.6 Å². The number of aryl methyl sites for hydroxylation is 2. The van der Waals surface area contributed by atoms with E-state index in [0.29, 0.717) is 17.6 Å². The van der Waals surface area contributed by atoms with E-state index >= 15 is 0 Å². The number of aromatic nitrogens is 5. The third-order valence-corrected chi connectivity index (χ3v) is 4.76. The summed E-state index contributed by atoms with van der Waals surface area (Å²) in [5.41, 5.74) is 0.914. The summed E-state index contributed by atoms with van der Waals surface area (Å²) in [5.74, 6) is 3.89. The summed E-state index contributed by atoms with van der Waals surface area (Å²) >= 11 is 0. The molecule has 0 radical (unpaired) electrons. The monoisotopic (exact) mass is 338 g/mol. The molecule has 1 aliphatic rings. The van der Waals surface area contributed by atoms with E-state index in [1.165, 1.54) is 12.8 Å². The Morgan fingerprint density at radius 1 is 1.28 bits per heavy atom. The smallest absolute Gasteiger partial charge is 0.258 e. The highest BCUT2D eigenvalue weighted by Crippen LogP contribution is 2.26. The molecule has 0 bridgehead atoms. The van der Waals surface area contributed by atoms with Gasteiger partial charge in [0.2, 0.25) is 0 Å². The molecular formula is C18H22N6O. The molecule has 0 spiro atoms. The zero-order chi connectivity index (χ0) is 17.2. The van der Waals surface area contributed by atoms with E-state index in [4.69, 9.17) is 4.52 Å². The quantitative estimate of drug-likeness (QED) is 0.728. The summed E-state index contributed by atoms with van der Waals surface area (Å²) in [4.78, 5) is 15.7. The first-order valence-corrected chi connectivity index (χ1v) is 8.67. The molecule has 1 atom stereocenters. The van der Waals surface area contributed by atoms with Gasteiger partial charge in [-0.3, -0.25) is 0 Å². The van der Waals surface area contributed by atoms with Crippen LogP contribution >= 0.6 is 0 Å². The Hall–Kier alpha value is -2.70. The fourth-order valence-electron chi connectivity index (χ4n) is 3.43. The van der Waals surface area contributed by atoms with Gasteiger partial charge in [0, 0.05) is 50.7 Å². The number of anilines is 1. The first-order chi connectivity index (χ1) is 12.2. The Labute approximate surface area is 146 Å². The summed E-state index contributed by atoms with van der Waals surface area (Å²) in [6, 6.07) is 3.95. The molecule has 7 heteroatoms. The highest BCUT2D eigenvalue weighted by molar-refractivity contribution is 5.58. The Bertz CT molecular complexity index is 855. The normalized spacial score (nSPS) is 17.8. The molecule has 0 N–H and O–H groups in total. The Morgan fingerprint density at radius 3 is 2.96 bits per heavy atom. The van der Waals surface area contributed by atoms with E-state index < -0.39 is 0 Å². The van der Waals surface area contributed by atoms with Gasteiger partial charge in [-0.15, -0.1) is 0 Å². The maximum atomic E-state index is 5.28. The lowest BCUT2D eigenvalue weighted by Gasteiger charge is -2.33. The van der Waals surface area contributed by atoms with Crippen molar-refractivity contribution in [2.75, 3.05) is 18.0 Å². The van der Waals surface area contributed by atoms with Crippen LogP contribution < -0.4 is 4.90 Å². The third-order valence-electron chi connectivity index (χ3n) is 4.76. The maximum absolute atomic E-state index is 5.28. The molecule has 7 nitrogen and oxygen atoms in total. The van der Waals surface area contributed by atoms with Gasteiger partial charge in [0.15, 0.2) is 5.82 Å². The van der Waals surface area contributed by atoms with E-state index in [-0.39, 0.29) is 0 Å². The molecule has 25 heavy (non-hydrogen) atoms. The average Bonchev–Trinajstić information content (AvgIpc) is 3.24. The van der Waals surface area contributed by atoms with Crippen LogP contribution in [-0.4, -0.2) is 37.8 Å². The number of nitrogens with zero attached hydrogens (tertiary/aromatic N) is 6. The fraction of sp³-hybridized carbons (Fsp3) is 0.444. The van der Waals surface area contributed by atoms with Crippen molar-refractivity contribution >= 4 is 5.82 Å². The number of rotatable bonds is 4. The lowest BCUT2D eigenvalue weighted by Crippen LogP contribution is -2.37. The Morgan fingerprint density at radius 2 is 2.20 bits per heavy atom. The predicted molar refractivity (Wildman–Crippen MR) is 94.1 cm³/mol. The van der Waals surface area contributed by atoms with Crippen molar-refractivity contribution in [3.05, 3.63) is 42.4 Å². The minimum Gasteiger partial charge on any atom is -0.356 e. The zero-order valence-electron chi connectivity index (χ0n) is 14.6. The molecule has 0 aromatic carbocycles. The maximum Gasteiger partial charge on any atom is 0.258 e. The SMILES string of the molecule is Cc1noc(-c2ccnc(N3CCCC(Cc4nccn4C)C3)c2)n1. The lowest BCUT2D eigenvalue weighted by molar-refractivity contribution is 0.401. The second-order valence-electron chi connectivity index (χ2n) is 6.66. The summed E-state index contributed by atoms with van der Waals surface area (Å²) in [5, 5.41) is 3.87. The molecule has 1 fully saturated rings. The molecule has 0 saturated carbocycles. The van der Waals surface area contributed by atoms with Crippen molar-refractivity contribution in [3.8, 4) is 11.5 Å². The van der Waals surface area contributed by atoms with Crippen molar-refractivity contribution in [2.24, 2.45) is 13.0 Å². The predicted octanol–water partition coefficient (Wildman–Crippen LogP) is 2.63. The molecule has 1 aliphatic heterocycles. The van der Waals surface area contributed by atoms with E-state index in [0.717, 1.165) is 36.7 Å². The van der Waals surface area contributed by atoms with Crippen molar-refractivity contribution < 1.29 is 4.52 Å². The van der Waals surface area contributed by atoms with Gasteiger partial charge in [0.05, 0.1) is 0 Å². The van der Waals surface area contributed by atoms with Gasteiger partial charge in [-0.2, -0.15) is 4.98 Å². The highest BCUT2D eigenvalue weighted by atomic mass is 16.5. The minimum absolute atomic E-state index is 0.544. The van der Waals surface area contributed by atoms with E-state index in [1.807, 2.05) is 37.6 Å². The first kappa shape index (κ1) is 15.8. The van der Waals surface area contributed by atoms with Crippen molar-refractivity contribution in [1.29, 1.82) is 0 Å². The topological polar surface area (TPSA) is 72.9 Å². The van der Waals surface area contributed by atoms with Gasteiger partial charge < -0.3 is 14.0 Å². The number of hydrogen-bond donors (Lipinski definition) is 0. The molecule has 1 unspecified atom stereocenters. The fourth-order valence-corrected chi connectivity index (χ4v) is 3.43. The van der Waals surface area contributed by atoms with Crippen molar-refractivity contribution in [2.45, 2.75) is 26.2 Å². The summed E-state index contributed by atoms with van der Waals surface area (Å²) in [7, 11) is 2.06. The van der Waals surface area contributed by atoms with Gasteiger partial charge in [0.25, 0.3) is 5.89 Å². The zero-order valence-corrected chi connectivity index (χ0v) is 14.6. The van der Waals surface area contributed by atoms with Crippen LogP contribution in [0.1, 0.15) is 24.5 Å². The van der Waals surface area contributed by atoms with Crippen molar-refractivity contribution in [3.63, 3.8) is 0 Å². The van der Waals surface area contributed by atoms with Gasteiger partial charge in [-0.05, 0) is 37.8 Å². The number of hydrogen-bond acceptors (Lipinski definition) is 6. The Kier molecular flexibility index (Phi) is 4.21. The number of imidazole rings is 1. The van der Waals surface area contributed by atoms with E-state index in [9.17, 15) is 0 Å². The number of piperidine rings is 1. The first-order valence-electron chi connectivity index (χ1n) is 8.67. The van der Waals surface area contributed by atoms with Crippen LogP contribution in [0.3, 0.4) is 0 Å². The molecular weight excluding hydrogens is 316 g/mol. The molecule has 1 saturated heterocycles. The average molecular weight is 338 g/mol. The largest absolute Gasteiger partial charge is 0.356 e. The molecule has 130 valence electrons. The summed E-state index contributed by atoms with van der Waals surface area (Å²) in [6.45, 7) is 3.84. The van der Waals surface area contributed by atoms with Crippen LogP contribution in [0.25, 0.3) is 11.5 Å². The van der Waals surface area contributed by atoms with Gasteiger partial charge >= 0.3 is 0 Å². The second kappa shape index (κ2) is 6.66. The molecule has 0 amide bonds. The van der Waals surface area contributed by atoms with Crippen LogP contribution in [0.5, 0.6) is 0 Å². The van der Waals surface area contributed by atoms with Gasteiger partial charge in [-0.1, -0.05) is 5.16 Å². The molecule has 4 heterocycles. The summed E-state index contributed by atoms with van der Waals surface area (Å²) < 4.78 is 7.39. The molecule has 3 aromatic heterocycles. The second-order valence-corrected chi connectivity index (χ2v) is 6.66. The third kappa shape index (κ3) is 3.40. The van der Waals surface area contributed by atoms with Crippen LogP contribution in [-0.2, 0) is 13.5 Å². The van der Waals surface area contributed by atoms with Crippen molar-refractivity contribution in [1.82, 2.24) is 24.7 Å². The van der Waals surface area contributed by atoms with Crippen LogP contribution in [0.2, 0.25) is 0 Å². The minimum atomic E-state index is 0.544. The van der Waals surface area contributed by atoms with Crippen LogP contribution in [0.4, 0.5) is 5.82 Å². The van der Waals surface area contributed by atoms with Gasteiger partial charge in [-0.25, -0.2) is 9.97 Å². The molecule has 3 aromatic rings. The van der Waals surface area contributed by atoms with E-state index in [1.54, 1.807) is 0 Å². The van der Waals surface area contributed by atoms with Crippen LogP contribution in [0.15, 0.2) is 35.2 Å². The van der Waals surface area contributed by atoms with E-state index in [2.05, 4.69) is 36.6 Å². The molecule has 0 aliphatic carbocycles. The standard InChI is InChI=1S/C18H22N6O/c1-13-21-18(25-22-13)15-5-6-19-17(11-15)24-8-3-4-14(12-24)10-16-20-7-9-23(16)2/h5-7,9,11,14H,3-4,8,10,12H2,1-2H3. The highest BCUT2D eigenvalue weighted by Gasteiger charge is 2.23. The lowest BCUT2D eigenvalue weighted by atomic mass is 9.94. The number of pyridine rings is 1. The van der Waals surface area contributed by atoms with Crippen LogP contribution in [0, 0.1) is 12.8 Å².